The third kappa shape index (κ3) is 1.52. The number of aromatic nitrogens is 3. The van der Waals surface area contributed by atoms with E-state index in [1.165, 1.54) is 0 Å². The lowest BCUT2D eigenvalue weighted by atomic mass is 10.2. The fourth-order valence-corrected chi connectivity index (χ4v) is 1.52. The fourth-order valence-electron chi connectivity index (χ4n) is 1.52. The molecule has 2 heterocycles. The predicted octanol–water partition coefficient (Wildman–Crippen LogP) is -0.734. The monoisotopic (exact) mass is 182 g/mol. The van der Waals surface area contributed by atoms with Gasteiger partial charge in [-0.1, -0.05) is 5.21 Å². The molecule has 0 spiro atoms. The number of carbonyl (C=O) groups is 1. The first-order chi connectivity index (χ1) is 6.27. The van der Waals surface area contributed by atoms with Crippen molar-refractivity contribution in [3.8, 4) is 0 Å². The lowest BCUT2D eigenvalue weighted by Gasteiger charge is -2.06. The Morgan fingerprint density at radius 3 is 3.08 bits per heavy atom. The maximum Gasteiger partial charge on any atom is 0.320 e. The molecule has 1 saturated heterocycles. The number of carboxylic acid groups (broad SMARTS) is 1. The normalized spacial score (nSPS) is 27.7. The van der Waals surface area contributed by atoms with Crippen LogP contribution in [-0.2, 0) is 4.79 Å². The molecule has 0 bridgehead atoms. The zero-order chi connectivity index (χ0) is 9.26. The third-order valence-electron chi connectivity index (χ3n) is 2.22. The average molecular weight is 182 g/mol. The van der Waals surface area contributed by atoms with Crippen molar-refractivity contribution in [2.24, 2.45) is 0 Å². The van der Waals surface area contributed by atoms with Crippen molar-refractivity contribution < 1.29 is 9.90 Å². The van der Waals surface area contributed by atoms with E-state index in [-0.39, 0.29) is 6.04 Å². The van der Waals surface area contributed by atoms with Gasteiger partial charge in [0.1, 0.15) is 6.04 Å². The summed E-state index contributed by atoms with van der Waals surface area (Å²) in [4.78, 5) is 10.6. The predicted molar refractivity (Wildman–Crippen MR) is 43.1 cm³/mol. The van der Waals surface area contributed by atoms with Gasteiger partial charge in [0.05, 0.1) is 12.2 Å². The SMILES string of the molecule is O=C(O)[C@@H]1C[C@@H](n2ccnn2)CN1. The van der Waals surface area contributed by atoms with Gasteiger partial charge < -0.3 is 10.4 Å². The molecule has 1 aromatic rings. The van der Waals surface area contributed by atoms with Crippen molar-refractivity contribution in [2.75, 3.05) is 6.54 Å². The van der Waals surface area contributed by atoms with Gasteiger partial charge in [-0.15, -0.1) is 5.10 Å². The summed E-state index contributed by atoms with van der Waals surface area (Å²) in [6.07, 6.45) is 3.91. The molecule has 1 aromatic heterocycles. The van der Waals surface area contributed by atoms with Gasteiger partial charge >= 0.3 is 5.97 Å². The number of aliphatic carboxylic acids is 1. The first kappa shape index (κ1) is 8.18. The highest BCUT2D eigenvalue weighted by Crippen LogP contribution is 2.17. The van der Waals surface area contributed by atoms with Gasteiger partial charge in [0.25, 0.3) is 0 Å². The van der Waals surface area contributed by atoms with Crippen molar-refractivity contribution in [3.05, 3.63) is 12.4 Å². The molecule has 0 amide bonds. The fraction of sp³-hybridized carbons (Fsp3) is 0.571. The molecule has 2 rings (SSSR count). The van der Waals surface area contributed by atoms with Gasteiger partial charge in [-0.05, 0) is 6.42 Å². The van der Waals surface area contributed by atoms with Crippen molar-refractivity contribution >= 4 is 5.97 Å². The molecule has 1 fully saturated rings. The maximum atomic E-state index is 10.6. The summed E-state index contributed by atoms with van der Waals surface area (Å²) in [7, 11) is 0. The number of hydrogen-bond donors (Lipinski definition) is 2. The molecule has 0 saturated carbocycles. The summed E-state index contributed by atoms with van der Waals surface area (Å²) in [5, 5.41) is 19.1. The number of hydrogen-bond acceptors (Lipinski definition) is 4. The van der Waals surface area contributed by atoms with Crippen LogP contribution < -0.4 is 5.32 Å². The van der Waals surface area contributed by atoms with E-state index in [0.29, 0.717) is 13.0 Å². The summed E-state index contributed by atoms with van der Waals surface area (Å²) >= 11 is 0. The van der Waals surface area contributed by atoms with Crippen molar-refractivity contribution in [1.82, 2.24) is 20.3 Å². The smallest absolute Gasteiger partial charge is 0.320 e. The average Bonchev–Trinajstić information content (AvgIpc) is 2.75. The Bertz CT molecular complexity index is 297. The van der Waals surface area contributed by atoms with E-state index >= 15 is 0 Å². The first-order valence-corrected chi connectivity index (χ1v) is 4.09. The molecule has 0 unspecified atom stereocenters. The Balaban J connectivity index is 2.03. The van der Waals surface area contributed by atoms with Crippen LogP contribution in [0, 0.1) is 0 Å². The Kier molecular flexibility index (Phi) is 1.97. The standard InChI is InChI=1S/C7H10N4O2/c12-7(13)6-3-5(4-8-6)11-2-1-9-10-11/h1-2,5-6,8H,3-4H2,(H,12,13)/t5-,6+/m1/s1. The number of rotatable bonds is 2. The van der Waals surface area contributed by atoms with Crippen LogP contribution in [0.25, 0.3) is 0 Å². The van der Waals surface area contributed by atoms with Crippen molar-refractivity contribution in [1.29, 1.82) is 0 Å². The molecule has 6 nitrogen and oxygen atoms in total. The molecule has 6 heteroatoms. The van der Waals surface area contributed by atoms with Gasteiger partial charge in [0.2, 0.25) is 0 Å². The molecule has 0 aliphatic carbocycles. The lowest BCUT2D eigenvalue weighted by Crippen LogP contribution is -2.29. The number of nitrogens with one attached hydrogen (secondary N) is 1. The van der Waals surface area contributed by atoms with Crippen molar-refractivity contribution in [3.63, 3.8) is 0 Å². The van der Waals surface area contributed by atoms with Crippen LogP contribution in [0.5, 0.6) is 0 Å². The molecule has 70 valence electrons. The maximum absolute atomic E-state index is 10.6. The van der Waals surface area contributed by atoms with Crippen LogP contribution in [0.2, 0.25) is 0 Å². The highest BCUT2D eigenvalue weighted by Gasteiger charge is 2.30. The van der Waals surface area contributed by atoms with Crippen LogP contribution in [0.15, 0.2) is 12.4 Å². The molecule has 1 aliphatic heterocycles. The minimum Gasteiger partial charge on any atom is -0.480 e. The molecule has 1 aliphatic rings. The second-order valence-corrected chi connectivity index (χ2v) is 3.07. The number of nitrogens with zero attached hydrogens (tertiary/aromatic N) is 3. The summed E-state index contributed by atoms with van der Waals surface area (Å²) in [6.45, 7) is 0.639. The van der Waals surface area contributed by atoms with E-state index in [4.69, 9.17) is 5.11 Å². The largest absolute Gasteiger partial charge is 0.480 e. The number of carboxylic acids is 1. The molecule has 2 N–H and O–H groups in total. The summed E-state index contributed by atoms with van der Waals surface area (Å²) in [6, 6.07) is -0.335. The molecular weight excluding hydrogens is 172 g/mol. The minimum absolute atomic E-state index is 0.114. The van der Waals surface area contributed by atoms with E-state index in [0.717, 1.165) is 0 Å². The quantitative estimate of drug-likeness (QED) is 0.630. The highest BCUT2D eigenvalue weighted by molar-refractivity contribution is 5.73. The van der Waals surface area contributed by atoms with E-state index < -0.39 is 12.0 Å². The summed E-state index contributed by atoms with van der Waals surface area (Å²) < 4.78 is 1.69. The van der Waals surface area contributed by atoms with Gasteiger partial charge in [-0.2, -0.15) is 0 Å². The zero-order valence-electron chi connectivity index (χ0n) is 6.92. The Hall–Kier alpha value is -1.43. The summed E-state index contributed by atoms with van der Waals surface area (Å²) in [5.41, 5.74) is 0. The Morgan fingerprint density at radius 2 is 2.54 bits per heavy atom. The van der Waals surface area contributed by atoms with E-state index in [9.17, 15) is 4.79 Å². The Morgan fingerprint density at radius 1 is 1.69 bits per heavy atom. The van der Waals surface area contributed by atoms with Gasteiger partial charge in [-0.3, -0.25) is 4.79 Å². The molecule has 0 radical (unpaired) electrons. The van der Waals surface area contributed by atoms with E-state index in [2.05, 4.69) is 15.6 Å². The molecule has 13 heavy (non-hydrogen) atoms. The minimum atomic E-state index is -0.803. The molecule has 0 aromatic carbocycles. The highest BCUT2D eigenvalue weighted by atomic mass is 16.4. The van der Waals surface area contributed by atoms with Gasteiger partial charge in [-0.25, -0.2) is 4.68 Å². The summed E-state index contributed by atoms with van der Waals surface area (Å²) in [5.74, 6) is -0.803. The first-order valence-electron chi connectivity index (χ1n) is 4.09. The van der Waals surface area contributed by atoms with E-state index in [1.54, 1.807) is 17.1 Å². The topological polar surface area (TPSA) is 80.0 Å². The third-order valence-corrected chi connectivity index (χ3v) is 2.22. The second-order valence-electron chi connectivity index (χ2n) is 3.07. The van der Waals surface area contributed by atoms with Crippen LogP contribution in [0.1, 0.15) is 12.5 Å². The molecule has 2 atom stereocenters. The van der Waals surface area contributed by atoms with Crippen LogP contribution in [0.4, 0.5) is 0 Å². The van der Waals surface area contributed by atoms with Gasteiger partial charge in [0, 0.05) is 12.7 Å². The van der Waals surface area contributed by atoms with Crippen LogP contribution in [0.3, 0.4) is 0 Å². The second kappa shape index (κ2) is 3.14. The van der Waals surface area contributed by atoms with Crippen LogP contribution >= 0.6 is 0 Å². The zero-order valence-corrected chi connectivity index (χ0v) is 6.92. The lowest BCUT2D eigenvalue weighted by molar-refractivity contribution is -0.139. The Labute approximate surface area is 74.6 Å². The molecular formula is C7H10N4O2. The van der Waals surface area contributed by atoms with E-state index in [1.807, 2.05) is 0 Å². The van der Waals surface area contributed by atoms with Gasteiger partial charge in [0.15, 0.2) is 0 Å². The van der Waals surface area contributed by atoms with Crippen molar-refractivity contribution in [2.45, 2.75) is 18.5 Å². The van der Waals surface area contributed by atoms with Crippen LogP contribution in [-0.4, -0.2) is 38.7 Å².